The van der Waals surface area contributed by atoms with Crippen molar-refractivity contribution >= 4 is 33.2 Å². The van der Waals surface area contributed by atoms with Gasteiger partial charge in [-0.1, -0.05) is 12.1 Å². The molecule has 0 saturated carbocycles. The smallest absolute Gasteiger partial charge is 0.262 e. The number of hydrogen-bond donors (Lipinski definition) is 2. The second-order valence-corrected chi connectivity index (χ2v) is 10.3. The van der Waals surface area contributed by atoms with Gasteiger partial charge in [0.15, 0.2) is 6.61 Å². The number of sulfonamides is 1. The summed E-state index contributed by atoms with van der Waals surface area (Å²) in [6.45, 7) is 6.00. The van der Waals surface area contributed by atoms with Crippen molar-refractivity contribution in [3.63, 3.8) is 0 Å². The number of anilines is 2. The molecular formula is C23H27N3O5S. The maximum absolute atomic E-state index is 13.3. The number of hydrogen-bond acceptors (Lipinski definition) is 5. The lowest BCUT2D eigenvalue weighted by molar-refractivity contribution is -0.121. The van der Waals surface area contributed by atoms with Gasteiger partial charge in [-0.25, -0.2) is 8.42 Å². The van der Waals surface area contributed by atoms with Gasteiger partial charge >= 0.3 is 0 Å². The number of piperidine rings is 1. The van der Waals surface area contributed by atoms with Gasteiger partial charge in [-0.3, -0.25) is 9.59 Å². The Morgan fingerprint density at radius 2 is 1.81 bits per heavy atom. The van der Waals surface area contributed by atoms with Crippen molar-refractivity contribution in [2.75, 3.05) is 30.3 Å². The summed E-state index contributed by atoms with van der Waals surface area (Å²) in [6, 6.07) is 8.99. The van der Waals surface area contributed by atoms with Crippen LogP contribution in [0.5, 0.6) is 5.75 Å². The molecule has 2 aliphatic heterocycles. The summed E-state index contributed by atoms with van der Waals surface area (Å²) in [4.78, 5) is 24.4. The van der Waals surface area contributed by atoms with E-state index >= 15 is 0 Å². The zero-order valence-corrected chi connectivity index (χ0v) is 19.2. The number of nitrogens with zero attached hydrogens (tertiary/aromatic N) is 1. The van der Waals surface area contributed by atoms with Crippen LogP contribution in [0.25, 0.3) is 0 Å². The van der Waals surface area contributed by atoms with Crippen LogP contribution in [0.1, 0.15) is 29.5 Å². The van der Waals surface area contributed by atoms with Gasteiger partial charge in [0.2, 0.25) is 15.9 Å². The molecule has 170 valence electrons. The van der Waals surface area contributed by atoms with Crippen molar-refractivity contribution in [3.8, 4) is 5.75 Å². The normalized spacial score (nSPS) is 17.3. The highest BCUT2D eigenvalue weighted by Crippen LogP contribution is 2.35. The first-order valence-corrected chi connectivity index (χ1v) is 12.0. The highest BCUT2D eigenvalue weighted by Gasteiger charge is 2.34. The van der Waals surface area contributed by atoms with Gasteiger partial charge in [-0.15, -0.1) is 0 Å². The monoisotopic (exact) mass is 457 g/mol. The lowest BCUT2D eigenvalue weighted by Crippen LogP contribution is -2.41. The van der Waals surface area contributed by atoms with Crippen LogP contribution in [0.2, 0.25) is 0 Å². The van der Waals surface area contributed by atoms with Gasteiger partial charge < -0.3 is 15.4 Å². The number of fused-ring (bicyclic) bond motifs is 1. The second kappa shape index (κ2) is 8.55. The fourth-order valence-electron chi connectivity index (χ4n) is 4.10. The van der Waals surface area contributed by atoms with Crippen LogP contribution in [-0.2, 0) is 19.6 Å². The number of benzene rings is 2. The molecule has 4 rings (SSSR count). The molecule has 1 saturated heterocycles. The molecule has 0 radical (unpaired) electrons. The van der Waals surface area contributed by atoms with Crippen LogP contribution in [0.3, 0.4) is 0 Å². The lowest BCUT2D eigenvalue weighted by atomic mass is 9.97. The van der Waals surface area contributed by atoms with Crippen molar-refractivity contribution < 1.29 is 22.7 Å². The maximum atomic E-state index is 13.3. The molecule has 0 bridgehead atoms. The molecule has 2 amide bonds. The number of ether oxygens (including phenoxy) is 1. The van der Waals surface area contributed by atoms with Crippen LogP contribution in [-0.4, -0.2) is 44.2 Å². The third-order valence-electron chi connectivity index (χ3n) is 6.00. The van der Waals surface area contributed by atoms with Gasteiger partial charge in [-0.05, 0) is 62.4 Å². The molecule has 1 fully saturated rings. The van der Waals surface area contributed by atoms with Crippen molar-refractivity contribution in [3.05, 3.63) is 47.0 Å². The molecule has 2 N–H and O–H groups in total. The molecule has 0 aromatic heterocycles. The Kier molecular flexibility index (Phi) is 5.96. The van der Waals surface area contributed by atoms with E-state index in [4.69, 9.17) is 4.74 Å². The molecule has 9 heteroatoms. The summed E-state index contributed by atoms with van der Waals surface area (Å²) in [6.07, 6.45) is 0.902. The first-order valence-electron chi connectivity index (χ1n) is 10.6. The Morgan fingerprint density at radius 3 is 2.53 bits per heavy atom. The minimum absolute atomic E-state index is 0.0788. The highest BCUT2D eigenvalue weighted by atomic mass is 32.2. The third kappa shape index (κ3) is 4.35. The Labute approximate surface area is 188 Å². The molecule has 2 aromatic carbocycles. The second-order valence-electron chi connectivity index (χ2n) is 8.44. The molecule has 2 aliphatic rings. The van der Waals surface area contributed by atoms with E-state index in [1.807, 2.05) is 32.0 Å². The van der Waals surface area contributed by atoms with E-state index in [-0.39, 0.29) is 42.3 Å². The summed E-state index contributed by atoms with van der Waals surface area (Å²) >= 11 is 0. The summed E-state index contributed by atoms with van der Waals surface area (Å²) in [5.41, 5.74) is 3.85. The van der Waals surface area contributed by atoms with Crippen LogP contribution >= 0.6 is 0 Å². The quantitative estimate of drug-likeness (QED) is 0.734. The zero-order chi connectivity index (χ0) is 23.0. The number of carbonyl (C=O) groups excluding carboxylic acids is 2. The van der Waals surface area contributed by atoms with Gasteiger partial charge in [0.1, 0.15) is 5.75 Å². The zero-order valence-electron chi connectivity index (χ0n) is 18.4. The Hall–Kier alpha value is -2.91. The van der Waals surface area contributed by atoms with E-state index in [9.17, 15) is 18.0 Å². The molecule has 0 unspecified atom stereocenters. The predicted molar refractivity (Wildman–Crippen MR) is 121 cm³/mol. The number of nitrogens with one attached hydrogen (secondary N) is 2. The van der Waals surface area contributed by atoms with Crippen molar-refractivity contribution in [2.24, 2.45) is 5.92 Å². The molecule has 0 spiro atoms. The average Bonchev–Trinajstić information content (AvgIpc) is 2.75. The third-order valence-corrected chi connectivity index (χ3v) is 8.04. The van der Waals surface area contributed by atoms with E-state index in [1.54, 1.807) is 13.0 Å². The van der Waals surface area contributed by atoms with E-state index in [1.165, 1.54) is 10.4 Å². The molecule has 2 heterocycles. The Morgan fingerprint density at radius 1 is 1.09 bits per heavy atom. The average molecular weight is 458 g/mol. The Balaban J connectivity index is 1.45. The van der Waals surface area contributed by atoms with Gasteiger partial charge in [0.25, 0.3) is 5.91 Å². The van der Waals surface area contributed by atoms with E-state index in [0.29, 0.717) is 29.8 Å². The molecular weight excluding hydrogens is 430 g/mol. The molecule has 8 nitrogen and oxygen atoms in total. The van der Waals surface area contributed by atoms with Crippen LogP contribution in [0.15, 0.2) is 35.2 Å². The van der Waals surface area contributed by atoms with Gasteiger partial charge in [0.05, 0.1) is 10.6 Å². The summed E-state index contributed by atoms with van der Waals surface area (Å²) < 4.78 is 33.4. The van der Waals surface area contributed by atoms with Gasteiger partial charge in [-0.2, -0.15) is 4.31 Å². The van der Waals surface area contributed by atoms with Crippen LogP contribution in [0, 0.1) is 26.7 Å². The van der Waals surface area contributed by atoms with Crippen molar-refractivity contribution in [1.29, 1.82) is 0 Å². The highest BCUT2D eigenvalue weighted by molar-refractivity contribution is 7.89. The predicted octanol–water partition coefficient (Wildman–Crippen LogP) is 2.98. The molecule has 0 atom stereocenters. The molecule has 0 aliphatic carbocycles. The number of rotatable bonds is 4. The fraction of sp³-hybridized carbons (Fsp3) is 0.391. The standard InChI is InChI=1S/C23H27N3O5S/c1-14-4-5-15(2)18(10-14)25-23(28)17-6-8-26(9-7-17)32(29,30)21-12-20-19(11-16(21)3)24-22(27)13-31-20/h4-5,10-12,17H,6-9,13H2,1-3H3,(H,24,27)(H,25,28). The molecule has 32 heavy (non-hydrogen) atoms. The van der Waals surface area contributed by atoms with Gasteiger partial charge in [0, 0.05) is 30.8 Å². The first kappa shape index (κ1) is 22.3. The molecule has 2 aromatic rings. The largest absolute Gasteiger partial charge is 0.482 e. The van der Waals surface area contributed by atoms with E-state index < -0.39 is 10.0 Å². The lowest BCUT2D eigenvalue weighted by Gasteiger charge is -2.31. The SMILES string of the molecule is Cc1ccc(C)c(NC(=O)C2CCN(S(=O)(=O)c3cc4c(cc3C)NC(=O)CO4)CC2)c1. The summed E-state index contributed by atoms with van der Waals surface area (Å²) in [7, 11) is -3.75. The number of amides is 2. The maximum Gasteiger partial charge on any atom is 0.262 e. The van der Waals surface area contributed by atoms with Crippen molar-refractivity contribution in [1.82, 2.24) is 4.31 Å². The Bertz CT molecular complexity index is 1180. The fourth-order valence-corrected chi connectivity index (χ4v) is 5.79. The number of aryl methyl sites for hydroxylation is 3. The topological polar surface area (TPSA) is 105 Å². The minimum atomic E-state index is -3.75. The van der Waals surface area contributed by atoms with Crippen molar-refractivity contribution in [2.45, 2.75) is 38.5 Å². The summed E-state index contributed by atoms with van der Waals surface area (Å²) in [5.74, 6) is -0.250. The summed E-state index contributed by atoms with van der Waals surface area (Å²) in [5, 5.41) is 5.68. The number of carbonyl (C=O) groups is 2. The minimum Gasteiger partial charge on any atom is -0.482 e. The first-order chi connectivity index (χ1) is 15.1. The van der Waals surface area contributed by atoms with Crippen LogP contribution in [0.4, 0.5) is 11.4 Å². The van der Waals surface area contributed by atoms with E-state index in [2.05, 4.69) is 10.6 Å². The van der Waals surface area contributed by atoms with Crippen LogP contribution < -0.4 is 15.4 Å². The van der Waals surface area contributed by atoms with E-state index in [0.717, 1.165) is 16.8 Å².